The van der Waals surface area contributed by atoms with Crippen molar-refractivity contribution in [3.05, 3.63) is 58.0 Å². The van der Waals surface area contributed by atoms with Crippen LogP contribution in [0.4, 0.5) is 4.39 Å². The van der Waals surface area contributed by atoms with E-state index in [2.05, 4.69) is 21.7 Å². The molecule has 1 aromatic carbocycles. The van der Waals surface area contributed by atoms with Gasteiger partial charge in [-0.3, -0.25) is 4.90 Å². The van der Waals surface area contributed by atoms with E-state index in [0.29, 0.717) is 0 Å². The first kappa shape index (κ1) is 12.8. The zero-order valence-corrected chi connectivity index (χ0v) is 11.5. The zero-order chi connectivity index (χ0) is 13.1. The second-order valence-electron chi connectivity index (χ2n) is 4.73. The third-order valence-electron chi connectivity index (χ3n) is 3.53. The van der Waals surface area contributed by atoms with Gasteiger partial charge in [0.25, 0.3) is 0 Å². The van der Waals surface area contributed by atoms with E-state index >= 15 is 0 Å². The average Bonchev–Trinajstić information content (AvgIpc) is 2.96. The van der Waals surface area contributed by atoms with Gasteiger partial charge >= 0.3 is 0 Å². The van der Waals surface area contributed by atoms with Gasteiger partial charge in [-0.25, -0.2) is 4.39 Å². The topological polar surface area (TPSA) is 15.3 Å². The van der Waals surface area contributed by atoms with E-state index in [0.717, 1.165) is 31.7 Å². The van der Waals surface area contributed by atoms with Crippen molar-refractivity contribution in [2.24, 2.45) is 0 Å². The maximum absolute atomic E-state index is 14.1. The second kappa shape index (κ2) is 5.82. The minimum absolute atomic E-state index is 0.0447. The lowest BCUT2D eigenvalue weighted by atomic mass is 10.0. The van der Waals surface area contributed by atoms with Crippen LogP contribution in [0, 0.1) is 5.82 Å². The molecule has 1 fully saturated rings. The molecule has 1 aliphatic rings. The number of halogens is 1. The number of nitrogens with one attached hydrogen (secondary N) is 1. The molecule has 0 saturated carbocycles. The Morgan fingerprint density at radius 1 is 1.11 bits per heavy atom. The highest BCUT2D eigenvalue weighted by molar-refractivity contribution is 7.10. The molecule has 1 aliphatic heterocycles. The number of rotatable bonds is 3. The molecule has 0 aliphatic carbocycles. The molecule has 100 valence electrons. The Morgan fingerprint density at radius 2 is 1.89 bits per heavy atom. The van der Waals surface area contributed by atoms with Crippen LogP contribution >= 0.6 is 11.3 Å². The number of thiophene rings is 1. The first-order chi connectivity index (χ1) is 9.36. The van der Waals surface area contributed by atoms with E-state index in [1.54, 1.807) is 23.5 Å². The molecule has 1 N–H and O–H groups in total. The number of hydrogen-bond donors (Lipinski definition) is 1. The molecule has 0 spiro atoms. The molecule has 4 heteroatoms. The molecule has 2 nitrogen and oxygen atoms in total. The number of piperazine rings is 1. The standard InChI is InChI=1S/C15H17FN2S/c16-13-5-2-1-4-12(13)15(14-6-3-11-19-14)18-9-7-17-8-10-18/h1-6,11,15,17H,7-10H2/t15-/m1/s1. The smallest absolute Gasteiger partial charge is 0.128 e. The van der Waals surface area contributed by atoms with Gasteiger partial charge in [0.1, 0.15) is 5.82 Å². The summed E-state index contributed by atoms with van der Waals surface area (Å²) < 4.78 is 14.1. The fraction of sp³-hybridized carbons (Fsp3) is 0.333. The van der Waals surface area contributed by atoms with E-state index in [4.69, 9.17) is 0 Å². The molecule has 0 radical (unpaired) electrons. The summed E-state index contributed by atoms with van der Waals surface area (Å²) in [6, 6.07) is 11.3. The summed E-state index contributed by atoms with van der Waals surface area (Å²) in [5, 5.41) is 5.41. The Hall–Kier alpha value is -1.23. The Balaban J connectivity index is 1.99. The molecule has 0 unspecified atom stereocenters. The minimum atomic E-state index is -0.112. The summed E-state index contributed by atoms with van der Waals surface area (Å²) in [5.41, 5.74) is 0.784. The largest absolute Gasteiger partial charge is 0.314 e. The maximum Gasteiger partial charge on any atom is 0.128 e. The van der Waals surface area contributed by atoms with Crippen molar-refractivity contribution in [3.63, 3.8) is 0 Å². The van der Waals surface area contributed by atoms with Gasteiger partial charge in [-0.1, -0.05) is 24.3 Å². The van der Waals surface area contributed by atoms with Crippen LogP contribution in [0.5, 0.6) is 0 Å². The van der Waals surface area contributed by atoms with E-state index < -0.39 is 0 Å². The molecule has 0 amide bonds. The molecule has 1 aromatic heterocycles. The van der Waals surface area contributed by atoms with E-state index in [-0.39, 0.29) is 11.9 Å². The van der Waals surface area contributed by atoms with Gasteiger partial charge < -0.3 is 5.32 Å². The van der Waals surface area contributed by atoms with E-state index in [1.165, 1.54) is 4.88 Å². The molecular weight excluding hydrogens is 259 g/mol. The summed E-state index contributed by atoms with van der Waals surface area (Å²) in [6.45, 7) is 3.85. The fourth-order valence-corrected chi connectivity index (χ4v) is 3.49. The van der Waals surface area contributed by atoms with E-state index in [1.807, 2.05) is 18.2 Å². The van der Waals surface area contributed by atoms with Crippen LogP contribution < -0.4 is 5.32 Å². The predicted molar refractivity (Wildman–Crippen MR) is 77.0 cm³/mol. The SMILES string of the molecule is Fc1ccccc1[C@H](c1cccs1)N1CCNCC1. The van der Waals surface area contributed by atoms with Crippen molar-refractivity contribution in [2.45, 2.75) is 6.04 Å². The molecule has 19 heavy (non-hydrogen) atoms. The van der Waals surface area contributed by atoms with Crippen LogP contribution in [-0.2, 0) is 0 Å². The summed E-state index contributed by atoms with van der Waals surface area (Å²) >= 11 is 1.70. The van der Waals surface area contributed by atoms with Crippen molar-refractivity contribution < 1.29 is 4.39 Å². The zero-order valence-electron chi connectivity index (χ0n) is 10.7. The molecule has 2 aromatic rings. The Morgan fingerprint density at radius 3 is 2.58 bits per heavy atom. The van der Waals surface area contributed by atoms with Crippen molar-refractivity contribution in [1.82, 2.24) is 10.2 Å². The van der Waals surface area contributed by atoms with Crippen LogP contribution in [-0.4, -0.2) is 31.1 Å². The quantitative estimate of drug-likeness (QED) is 0.927. The normalized spacial score (nSPS) is 18.4. The number of benzene rings is 1. The van der Waals surface area contributed by atoms with Gasteiger partial charge in [0, 0.05) is 36.6 Å². The molecule has 1 atom stereocenters. The highest BCUT2D eigenvalue weighted by Gasteiger charge is 2.26. The lowest BCUT2D eigenvalue weighted by Gasteiger charge is -2.34. The van der Waals surface area contributed by atoms with Crippen LogP contribution in [0.3, 0.4) is 0 Å². The third-order valence-corrected chi connectivity index (χ3v) is 4.45. The summed E-state index contributed by atoms with van der Waals surface area (Å²) in [6.07, 6.45) is 0. The van der Waals surface area contributed by atoms with Crippen LogP contribution in [0.1, 0.15) is 16.5 Å². The van der Waals surface area contributed by atoms with Crippen LogP contribution in [0.15, 0.2) is 41.8 Å². The monoisotopic (exact) mass is 276 g/mol. The highest BCUT2D eigenvalue weighted by Crippen LogP contribution is 2.33. The minimum Gasteiger partial charge on any atom is -0.314 e. The first-order valence-electron chi connectivity index (χ1n) is 6.59. The predicted octanol–water partition coefficient (Wildman–Crippen LogP) is 2.88. The first-order valence-corrected chi connectivity index (χ1v) is 7.47. The van der Waals surface area contributed by atoms with Gasteiger partial charge in [0.05, 0.1) is 6.04 Å². The van der Waals surface area contributed by atoms with Crippen LogP contribution in [0.25, 0.3) is 0 Å². The van der Waals surface area contributed by atoms with E-state index in [9.17, 15) is 4.39 Å². The Kier molecular flexibility index (Phi) is 3.92. The lowest BCUT2D eigenvalue weighted by molar-refractivity contribution is 0.197. The maximum atomic E-state index is 14.1. The molecular formula is C15H17FN2S. The number of hydrogen-bond acceptors (Lipinski definition) is 3. The van der Waals surface area contributed by atoms with Crippen LogP contribution in [0.2, 0.25) is 0 Å². The Labute approximate surface area is 116 Å². The van der Waals surface area contributed by atoms with Crippen molar-refractivity contribution >= 4 is 11.3 Å². The van der Waals surface area contributed by atoms with Crippen molar-refractivity contribution in [1.29, 1.82) is 0 Å². The second-order valence-corrected chi connectivity index (χ2v) is 5.70. The van der Waals surface area contributed by atoms with Crippen molar-refractivity contribution in [2.75, 3.05) is 26.2 Å². The fourth-order valence-electron chi connectivity index (χ4n) is 2.61. The summed E-state index contributed by atoms with van der Waals surface area (Å²) in [5.74, 6) is -0.112. The lowest BCUT2D eigenvalue weighted by Crippen LogP contribution is -2.45. The molecule has 2 heterocycles. The van der Waals surface area contributed by atoms with Gasteiger partial charge in [-0.2, -0.15) is 0 Å². The van der Waals surface area contributed by atoms with Gasteiger partial charge in [-0.15, -0.1) is 11.3 Å². The average molecular weight is 276 g/mol. The number of nitrogens with zero attached hydrogens (tertiary/aromatic N) is 1. The molecule has 0 bridgehead atoms. The summed E-state index contributed by atoms with van der Waals surface area (Å²) in [4.78, 5) is 3.58. The molecule has 3 rings (SSSR count). The summed E-state index contributed by atoms with van der Waals surface area (Å²) in [7, 11) is 0. The van der Waals surface area contributed by atoms with Gasteiger partial charge in [0.15, 0.2) is 0 Å². The van der Waals surface area contributed by atoms with Gasteiger partial charge in [0.2, 0.25) is 0 Å². The highest BCUT2D eigenvalue weighted by atomic mass is 32.1. The van der Waals surface area contributed by atoms with Crippen molar-refractivity contribution in [3.8, 4) is 0 Å². The Bertz CT molecular complexity index is 521. The third kappa shape index (κ3) is 2.71. The van der Waals surface area contributed by atoms with Gasteiger partial charge in [-0.05, 0) is 17.5 Å². The molecule has 1 saturated heterocycles.